The molecule has 0 aliphatic heterocycles. The van der Waals surface area contributed by atoms with Gasteiger partial charge in [0.1, 0.15) is 0 Å². The Morgan fingerprint density at radius 2 is 0.741 bits per heavy atom. The van der Waals surface area contributed by atoms with Gasteiger partial charge < -0.3 is 0 Å². The van der Waals surface area contributed by atoms with Gasteiger partial charge in [0, 0.05) is 0 Å². The summed E-state index contributed by atoms with van der Waals surface area (Å²) in [6.45, 7) is 0. The van der Waals surface area contributed by atoms with E-state index in [0.717, 1.165) is 6.42 Å². The second-order valence-electron chi connectivity index (χ2n) is 6.99. The average Bonchev–Trinajstić information content (AvgIpc) is 2.77. The van der Waals surface area contributed by atoms with Crippen LogP contribution in [0.5, 0.6) is 0 Å². The second-order valence-corrected chi connectivity index (χ2v) is 18.5. The number of hydrogen-bond donors (Lipinski definition) is 0. The molecule has 0 nitrogen and oxygen atoms in total. The van der Waals surface area contributed by atoms with Crippen molar-refractivity contribution in [3.05, 3.63) is 127 Å². The minimum atomic E-state index is -3.10. The van der Waals surface area contributed by atoms with Gasteiger partial charge in [-0.3, -0.25) is 0 Å². The third-order valence-corrected chi connectivity index (χ3v) is 19.6. The second kappa shape index (κ2) is 8.58. The average molecular weight is 455 g/mol. The Balaban J connectivity index is 1.89. The van der Waals surface area contributed by atoms with E-state index in [2.05, 4.69) is 121 Å². The first-order valence-corrected chi connectivity index (χ1v) is 15.9. The van der Waals surface area contributed by atoms with Crippen LogP contribution in [0.4, 0.5) is 0 Å². The molecule has 0 N–H and O–H groups in total. The third-order valence-electron chi connectivity index (χ3n) is 5.43. The van der Waals surface area contributed by atoms with Gasteiger partial charge in [-0.05, 0) is 0 Å². The van der Waals surface area contributed by atoms with Crippen molar-refractivity contribution < 1.29 is 0 Å². The Bertz CT molecular complexity index is 851. The zero-order valence-corrected chi connectivity index (χ0v) is 18.3. The van der Waals surface area contributed by atoms with Crippen molar-refractivity contribution in [2.45, 2.75) is 10.9 Å². The van der Waals surface area contributed by atoms with Gasteiger partial charge in [-0.2, -0.15) is 0 Å². The van der Waals surface area contributed by atoms with Crippen molar-refractivity contribution in [1.82, 2.24) is 0 Å². The van der Waals surface area contributed by atoms with Crippen molar-refractivity contribution in [3.8, 4) is 0 Å². The normalized spacial score (nSPS) is 11.3. The molecule has 27 heavy (non-hydrogen) atoms. The van der Waals surface area contributed by atoms with Gasteiger partial charge >= 0.3 is 167 Å². The first kappa shape index (κ1) is 18.1. The monoisotopic (exact) mass is 456 g/mol. The Morgan fingerprint density at radius 3 is 1.11 bits per heavy atom. The molecule has 0 fully saturated rings. The molecule has 0 aliphatic rings. The maximum atomic E-state index is 2.36. The summed E-state index contributed by atoms with van der Waals surface area (Å²) in [5, 5.41) is 0. The summed E-state index contributed by atoms with van der Waals surface area (Å²) in [4.78, 5) is 0. The molecule has 4 aromatic carbocycles. The minimum absolute atomic E-state index is 1.12. The van der Waals surface area contributed by atoms with E-state index in [-0.39, 0.29) is 0 Å². The number of hydrogen-bond acceptors (Lipinski definition) is 0. The van der Waals surface area contributed by atoms with Crippen LogP contribution >= 0.6 is 0 Å². The van der Waals surface area contributed by atoms with Gasteiger partial charge in [-0.1, -0.05) is 0 Å². The summed E-state index contributed by atoms with van der Waals surface area (Å²) in [5.74, 6) is 0. The predicted molar refractivity (Wildman–Crippen MR) is 119 cm³/mol. The fraction of sp³-hybridized carbons (Fsp3) is 0.0769. The van der Waals surface area contributed by atoms with E-state index in [4.69, 9.17) is 0 Å². The zero-order valence-electron chi connectivity index (χ0n) is 15.5. The number of benzene rings is 4. The first-order chi connectivity index (χ1) is 13.4. The van der Waals surface area contributed by atoms with Crippen LogP contribution in [-0.4, -0.2) is 18.4 Å². The van der Waals surface area contributed by atoms with Gasteiger partial charge in [0.15, 0.2) is 0 Å². The molecule has 0 saturated carbocycles. The molecule has 0 bridgehead atoms. The van der Waals surface area contributed by atoms with Gasteiger partial charge in [0.2, 0.25) is 0 Å². The van der Waals surface area contributed by atoms with Crippen LogP contribution < -0.4 is 10.7 Å². The van der Waals surface area contributed by atoms with E-state index in [1.165, 1.54) is 10.0 Å². The van der Waals surface area contributed by atoms with Crippen molar-refractivity contribution in [2.24, 2.45) is 0 Å². The molecule has 4 rings (SSSR count). The molecule has 0 aliphatic carbocycles. The molecule has 0 aromatic heterocycles. The number of aryl methyl sites for hydroxylation is 1. The Hall–Kier alpha value is -2.32. The standard InChI is InChI=1S/C8H9.3C6H5.Sn/c1-2-8-6-4-3-5-7-8;3*1-2-4-6-5-3-1;/h3-7H,1-2H2;3*1-5H;. The quantitative estimate of drug-likeness (QED) is 0.379. The third kappa shape index (κ3) is 3.86. The van der Waals surface area contributed by atoms with Crippen molar-refractivity contribution in [1.29, 1.82) is 0 Å². The Kier molecular flexibility index (Phi) is 5.74. The molecule has 0 radical (unpaired) electrons. The molecule has 0 saturated heterocycles. The van der Waals surface area contributed by atoms with Crippen LogP contribution in [0, 0.1) is 0 Å². The van der Waals surface area contributed by atoms with Crippen LogP contribution in [0.1, 0.15) is 5.56 Å². The van der Waals surface area contributed by atoms with Crippen LogP contribution in [0.3, 0.4) is 0 Å². The SMILES string of the molecule is c1ccc(C[CH2][Sn]([c]2ccccc2)([c]2ccccc2)[c]2ccccc2)cc1. The molecule has 0 heterocycles. The first-order valence-electron chi connectivity index (χ1n) is 9.60. The van der Waals surface area contributed by atoms with Crippen LogP contribution in [0.25, 0.3) is 0 Å². The molecule has 0 atom stereocenters. The van der Waals surface area contributed by atoms with Gasteiger partial charge in [0.05, 0.1) is 0 Å². The number of rotatable bonds is 6. The van der Waals surface area contributed by atoms with Crippen molar-refractivity contribution in [2.75, 3.05) is 0 Å². The maximum absolute atomic E-state index is 3.10. The van der Waals surface area contributed by atoms with E-state index in [1.54, 1.807) is 10.7 Å². The zero-order chi connectivity index (χ0) is 18.4. The fourth-order valence-electron chi connectivity index (χ4n) is 4.08. The van der Waals surface area contributed by atoms with E-state index in [9.17, 15) is 0 Å². The molecule has 1 heteroatoms. The van der Waals surface area contributed by atoms with Crippen LogP contribution in [0.15, 0.2) is 121 Å². The van der Waals surface area contributed by atoms with E-state index >= 15 is 0 Å². The van der Waals surface area contributed by atoms with Crippen LogP contribution in [-0.2, 0) is 6.42 Å². The van der Waals surface area contributed by atoms with Gasteiger partial charge in [-0.25, -0.2) is 0 Å². The molecule has 4 aromatic rings. The molecular weight excluding hydrogens is 431 g/mol. The summed E-state index contributed by atoms with van der Waals surface area (Å²) in [5.41, 5.74) is 1.43. The molecule has 0 spiro atoms. The van der Waals surface area contributed by atoms with E-state index < -0.39 is 18.4 Å². The van der Waals surface area contributed by atoms with Gasteiger partial charge in [0.25, 0.3) is 0 Å². The molecular formula is C26H24Sn. The summed E-state index contributed by atoms with van der Waals surface area (Å²) >= 11 is -3.10. The van der Waals surface area contributed by atoms with Crippen molar-refractivity contribution >= 4 is 29.1 Å². The van der Waals surface area contributed by atoms with E-state index in [1.807, 2.05) is 0 Å². The Labute approximate surface area is 166 Å². The summed E-state index contributed by atoms with van der Waals surface area (Å²) in [6, 6.07) is 44.7. The topological polar surface area (TPSA) is 0 Å². The Morgan fingerprint density at radius 1 is 0.407 bits per heavy atom. The predicted octanol–water partition coefficient (Wildman–Crippen LogP) is 4.40. The van der Waals surface area contributed by atoms with Crippen molar-refractivity contribution in [3.63, 3.8) is 0 Å². The summed E-state index contributed by atoms with van der Waals surface area (Å²) in [7, 11) is 0. The molecule has 0 unspecified atom stereocenters. The molecule has 0 amide bonds. The van der Waals surface area contributed by atoms with Crippen LogP contribution in [0.2, 0.25) is 4.44 Å². The molecule has 132 valence electrons. The van der Waals surface area contributed by atoms with E-state index in [0.29, 0.717) is 0 Å². The van der Waals surface area contributed by atoms with Gasteiger partial charge in [-0.15, -0.1) is 0 Å². The summed E-state index contributed by atoms with van der Waals surface area (Å²) in [6.07, 6.45) is 1.12. The summed E-state index contributed by atoms with van der Waals surface area (Å²) < 4.78 is 5.90. The fourth-order valence-corrected chi connectivity index (χ4v) is 17.8.